The van der Waals surface area contributed by atoms with E-state index in [0.717, 1.165) is 11.1 Å². The number of nitrogens with zero attached hydrogens (tertiary/aromatic N) is 1. The van der Waals surface area contributed by atoms with Crippen molar-refractivity contribution in [3.63, 3.8) is 0 Å². The van der Waals surface area contributed by atoms with Crippen molar-refractivity contribution >= 4 is 11.6 Å². The average Bonchev–Trinajstić information content (AvgIpc) is 2.53. The molecule has 0 aliphatic rings. The fourth-order valence-corrected chi connectivity index (χ4v) is 2.34. The highest BCUT2D eigenvalue weighted by Crippen LogP contribution is 2.23. The largest absolute Gasteiger partial charge is 0.387 e. The van der Waals surface area contributed by atoms with Crippen molar-refractivity contribution in [2.45, 2.75) is 25.5 Å². The van der Waals surface area contributed by atoms with Crippen molar-refractivity contribution in [2.75, 3.05) is 6.54 Å². The second kappa shape index (κ2) is 6.93. The van der Waals surface area contributed by atoms with Crippen LogP contribution in [0.4, 0.5) is 0 Å². The number of nitrogens with one attached hydrogen (secondary N) is 1. The summed E-state index contributed by atoms with van der Waals surface area (Å²) in [6.45, 7) is 4.53. The van der Waals surface area contributed by atoms with Crippen LogP contribution in [0.25, 0.3) is 0 Å². The smallest absolute Gasteiger partial charge is 0.0991 e. The summed E-state index contributed by atoms with van der Waals surface area (Å²) in [6, 6.07) is 16.7. The molecule has 1 unspecified atom stereocenters. The van der Waals surface area contributed by atoms with Gasteiger partial charge in [-0.3, -0.25) is 0 Å². The molecule has 114 valence electrons. The molecule has 22 heavy (non-hydrogen) atoms. The van der Waals surface area contributed by atoms with Gasteiger partial charge in [0.15, 0.2) is 0 Å². The maximum Gasteiger partial charge on any atom is 0.0991 e. The molecular formula is C18H19ClN2O. The van der Waals surface area contributed by atoms with Gasteiger partial charge in [0.05, 0.1) is 17.7 Å². The molecule has 0 saturated carbocycles. The summed E-state index contributed by atoms with van der Waals surface area (Å²) < 4.78 is 0. The van der Waals surface area contributed by atoms with Crippen LogP contribution in [0.15, 0.2) is 48.5 Å². The van der Waals surface area contributed by atoms with E-state index in [0.29, 0.717) is 17.1 Å². The highest BCUT2D eigenvalue weighted by Gasteiger charge is 2.21. The Morgan fingerprint density at radius 3 is 2.27 bits per heavy atom. The number of nitriles is 1. The molecule has 0 heterocycles. The van der Waals surface area contributed by atoms with Crippen molar-refractivity contribution in [1.82, 2.24) is 5.32 Å². The number of hydrogen-bond donors (Lipinski definition) is 2. The summed E-state index contributed by atoms with van der Waals surface area (Å²) >= 11 is 5.91. The zero-order valence-corrected chi connectivity index (χ0v) is 13.4. The Hall–Kier alpha value is -1.86. The van der Waals surface area contributed by atoms with Crippen LogP contribution in [-0.2, 0) is 5.54 Å². The van der Waals surface area contributed by atoms with Crippen LogP contribution in [0.3, 0.4) is 0 Å². The SMILES string of the molecule is CC(C)(NCC(O)c1ccc(C#N)cc1)c1ccc(Cl)cc1. The molecule has 4 heteroatoms. The van der Waals surface area contributed by atoms with E-state index in [1.807, 2.05) is 24.3 Å². The van der Waals surface area contributed by atoms with Crippen molar-refractivity contribution < 1.29 is 5.11 Å². The molecule has 2 aromatic rings. The lowest BCUT2D eigenvalue weighted by atomic mass is 9.94. The summed E-state index contributed by atoms with van der Waals surface area (Å²) in [5, 5.41) is 23.1. The topological polar surface area (TPSA) is 56.0 Å². The summed E-state index contributed by atoms with van der Waals surface area (Å²) in [4.78, 5) is 0. The first-order valence-electron chi connectivity index (χ1n) is 7.11. The van der Waals surface area contributed by atoms with Crippen LogP contribution in [0.1, 0.15) is 36.6 Å². The molecule has 0 bridgehead atoms. The van der Waals surface area contributed by atoms with E-state index < -0.39 is 6.10 Å². The molecule has 0 fully saturated rings. The minimum atomic E-state index is -0.626. The van der Waals surface area contributed by atoms with E-state index >= 15 is 0 Å². The monoisotopic (exact) mass is 314 g/mol. The summed E-state index contributed by atoms with van der Waals surface area (Å²) in [6.07, 6.45) is -0.626. The van der Waals surface area contributed by atoms with Crippen LogP contribution in [-0.4, -0.2) is 11.7 Å². The molecule has 0 aliphatic heterocycles. The van der Waals surface area contributed by atoms with Gasteiger partial charge in [0, 0.05) is 17.1 Å². The maximum atomic E-state index is 10.3. The Kier molecular flexibility index (Phi) is 5.20. The van der Waals surface area contributed by atoms with E-state index in [1.54, 1.807) is 24.3 Å². The van der Waals surface area contributed by atoms with Crippen LogP contribution in [0.2, 0.25) is 5.02 Å². The maximum absolute atomic E-state index is 10.3. The summed E-state index contributed by atoms with van der Waals surface area (Å²) in [5.74, 6) is 0. The second-order valence-corrected chi connectivity index (χ2v) is 6.20. The predicted octanol–water partition coefficient (Wildman–Crippen LogP) is 3.77. The quantitative estimate of drug-likeness (QED) is 0.883. The van der Waals surface area contributed by atoms with Crippen molar-refractivity contribution in [2.24, 2.45) is 0 Å². The fourth-order valence-electron chi connectivity index (χ4n) is 2.22. The summed E-state index contributed by atoms with van der Waals surface area (Å²) in [7, 11) is 0. The lowest BCUT2D eigenvalue weighted by Gasteiger charge is -2.28. The van der Waals surface area contributed by atoms with Crippen LogP contribution < -0.4 is 5.32 Å². The minimum Gasteiger partial charge on any atom is -0.387 e. The Labute approximate surface area is 136 Å². The number of aliphatic hydroxyl groups is 1. The van der Waals surface area contributed by atoms with E-state index in [2.05, 4.69) is 25.2 Å². The van der Waals surface area contributed by atoms with Gasteiger partial charge >= 0.3 is 0 Å². The Morgan fingerprint density at radius 1 is 1.14 bits per heavy atom. The minimum absolute atomic E-state index is 0.280. The first kappa shape index (κ1) is 16.5. The zero-order valence-electron chi connectivity index (χ0n) is 12.7. The van der Waals surface area contributed by atoms with Gasteiger partial charge in [-0.05, 0) is 49.2 Å². The number of benzene rings is 2. The molecule has 0 aliphatic carbocycles. The first-order valence-corrected chi connectivity index (χ1v) is 7.49. The molecule has 0 radical (unpaired) electrons. The van der Waals surface area contributed by atoms with E-state index in [4.69, 9.17) is 16.9 Å². The highest BCUT2D eigenvalue weighted by molar-refractivity contribution is 6.30. The molecule has 2 N–H and O–H groups in total. The Morgan fingerprint density at radius 2 is 1.73 bits per heavy atom. The summed E-state index contributed by atoms with van der Waals surface area (Å²) in [5.41, 5.74) is 2.20. The third kappa shape index (κ3) is 4.08. The van der Waals surface area contributed by atoms with E-state index in [-0.39, 0.29) is 5.54 Å². The average molecular weight is 315 g/mol. The molecule has 1 atom stereocenters. The van der Waals surface area contributed by atoms with Crippen LogP contribution in [0.5, 0.6) is 0 Å². The number of halogens is 1. The van der Waals surface area contributed by atoms with Gasteiger partial charge in [-0.2, -0.15) is 5.26 Å². The highest BCUT2D eigenvalue weighted by atomic mass is 35.5. The van der Waals surface area contributed by atoms with E-state index in [9.17, 15) is 5.11 Å². The number of aliphatic hydroxyl groups excluding tert-OH is 1. The Balaban J connectivity index is 2.01. The molecule has 2 rings (SSSR count). The molecule has 0 amide bonds. The van der Waals surface area contributed by atoms with Gasteiger partial charge in [0.25, 0.3) is 0 Å². The van der Waals surface area contributed by atoms with Crippen LogP contribution >= 0.6 is 11.6 Å². The van der Waals surface area contributed by atoms with Gasteiger partial charge in [0.2, 0.25) is 0 Å². The molecule has 0 spiro atoms. The molecular weight excluding hydrogens is 296 g/mol. The third-order valence-corrected chi connectivity index (χ3v) is 3.98. The molecule has 0 saturated heterocycles. The fraction of sp³-hybridized carbons (Fsp3) is 0.278. The predicted molar refractivity (Wildman–Crippen MR) is 88.6 cm³/mol. The normalized spacial score (nSPS) is 12.7. The molecule has 3 nitrogen and oxygen atoms in total. The van der Waals surface area contributed by atoms with E-state index in [1.165, 1.54) is 0 Å². The van der Waals surface area contributed by atoms with Gasteiger partial charge in [0.1, 0.15) is 0 Å². The number of rotatable bonds is 5. The Bertz CT molecular complexity index is 657. The van der Waals surface area contributed by atoms with Crippen LogP contribution in [0, 0.1) is 11.3 Å². The van der Waals surface area contributed by atoms with Gasteiger partial charge in [-0.1, -0.05) is 35.9 Å². The van der Waals surface area contributed by atoms with Gasteiger partial charge in [-0.25, -0.2) is 0 Å². The second-order valence-electron chi connectivity index (χ2n) is 5.76. The lowest BCUT2D eigenvalue weighted by molar-refractivity contribution is 0.161. The lowest BCUT2D eigenvalue weighted by Crippen LogP contribution is -2.39. The zero-order chi connectivity index (χ0) is 16.2. The molecule has 2 aromatic carbocycles. The van der Waals surface area contributed by atoms with Gasteiger partial charge in [-0.15, -0.1) is 0 Å². The third-order valence-electron chi connectivity index (χ3n) is 3.73. The van der Waals surface area contributed by atoms with Crippen molar-refractivity contribution in [3.05, 3.63) is 70.2 Å². The number of hydrogen-bond acceptors (Lipinski definition) is 3. The van der Waals surface area contributed by atoms with Gasteiger partial charge < -0.3 is 10.4 Å². The first-order chi connectivity index (χ1) is 10.4. The van der Waals surface area contributed by atoms with Crippen molar-refractivity contribution in [1.29, 1.82) is 5.26 Å². The standard InChI is InChI=1S/C18H19ClN2O/c1-18(2,15-7-9-16(19)10-8-15)21-12-17(22)14-5-3-13(11-20)4-6-14/h3-10,17,21-22H,12H2,1-2H3. The van der Waals surface area contributed by atoms with Crippen molar-refractivity contribution in [3.8, 4) is 6.07 Å². The molecule has 0 aromatic heterocycles.